The number of methoxy groups -OCH3 is 1. The second-order valence-corrected chi connectivity index (χ2v) is 5.26. The van der Waals surface area contributed by atoms with Gasteiger partial charge in [0.05, 0.1) is 7.11 Å². The lowest BCUT2D eigenvalue weighted by Crippen LogP contribution is -2.10. The maximum atomic E-state index is 5.90. The van der Waals surface area contributed by atoms with Crippen LogP contribution in [-0.2, 0) is 6.42 Å². The lowest BCUT2D eigenvalue weighted by molar-refractivity contribution is 0.401. The van der Waals surface area contributed by atoms with E-state index in [2.05, 4.69) is 33.4 Å². The van der Waals surface area contributed by atoms with Gasteiger partial charge in [0.25, 0.3) is 0 Å². The number of ether oxygens (including phenoxy) is 1. The highest BCUT2D eigenvalue weighted by molar-refractivity contribution is 6.17. The number of nitrogens with zero attached hydrogens (tertiary/aromatic N) is 4. The molecular weight excluding hydrogens is 276 g/mol. The molecule has 1 atom stereocenters. The molecule has 110 valence electrons. The van der Waals surface area contributed by atoms with Crippen molar-refractivity contribution < 1.29 is 4.74 Å². The number of alkyl halides is 1. The molecule has 20 heavy (non-hydrogen) atoms. The number of imidazole rings is 1. The summed E-state index contributed by atoms with van der Waals surface area (Å²) >= 11 is 5.90. The number of hydrogen-bond donors (Lipinski definition) is 0. The molecule has 0 amide bonds. The summed E-state index contributed by atoms with van der Waals surface area (Å²) in [5.74, 6) is 2.02. The van der Waals surface area contributed by atoms with Crippen molar-refractivity contribution >= 4 is 22.8 Å². The van der Waals surface area contributed by atoms with E-state index in [1.165, 1.54) is 19.2 Å². The Hall–Kier alpha value is -1.36. The normalized spacial score (nSPS) is 12.8. The van der Waals surface area contributed by atoms with Gasteiger partial charge in [0.15, 0.2) is 11.2 Å². The van der Waals surface area contributed by atoms with Crippen molar-refractivity contribution in [1.29, 1.82) is 0 Å². The summed E-state index contributed by atoms with van der Waals surface area (Å²) in [6.45, 7) is 4.40. The molecule has 0 aliphatic rings. The Morgan fingerprint density at radius 3 is 2.85 bits per heavy atom. The number of fused-ring (bicyclic) bond motifs is 1. The lowest BCUT2D eigenvalue weighted by atomic mass is 10.1. The zero-order chi connectivity index (χ0) is 14.5. The van der Waals surface area contributed by atoms with Crippen LogP contribution in [0.5, 0.6) is 5.88 Å². The van der Waals surface area contributed by atoms with Crippen molar-refractivity contribution in [3.8, 4) is 5.88 Å². The molecule has 1 unspecified atom stereocenters. The summed E-state index contributed by atoms with van der Waals surface area (Å²) in [5.41, 5.74) is 1.55. The molecule has 0 N–H and O–H groups in total. The van der Waals surface area contributed by atoms with Crippen molar-refractivity contribution in [2.75, 3.05) is 13.0 Å². The molecule has 2 rings (SSSR count). The number of hydrogen-bond acceptors (Lipinski definition) is 4. The van der Waals surface area contributed by atoms with Crippen LogP contribution in [0, 0.1) is 0 Å². The topological polar surface area (TPSA) is 52.8 Å². The first-order valence-corrected chi connectivity index (χ1v) is 7.58. The summed E-state index contributed by atoms with van der Waals surface area (Å²) < 4.78 is 7.45. The first-order valence-electron chi connectivity index (χ1n) is 7.04. The zero-order valence-corrected chi connectivity index (χ0v) is 13.0. The first-order chi connectivity index (χ1) is 9.72. The molecule has 0 aromatic carbocycles. The van der Waals surface area contributed by atoms with Crippen LogP contribution in [0.15, 0.2) is 6.33 Å². The first kappa shape index (κ1) is 15.0. The van der Waals surface area contributed by atoms with Crippen LogP contribution in [0.4, 0.5) is 0 Å². The van der Waals surface area contributed by atoms with Gasteiger partial charge in [0, 0.05) is 18.3 Å². The third kappa shape index (κ3) is 2.87. The van der Waals surface area contributed by atoms with Crippen LogP contribution in [0.25, 0.3) is 11.2 Å². The van der Waals surface area contributed by atoms with Crippen LogP contribution in [0.3, 0.4) is 0 Å². The predicted octanol–water partition coefficient (Wildman–Crippen LogP) is 3.37. The number of aromatic nitrogens is 4. The Labute approximate surface area is 124 Å². The van der Waals surface area contributed by atoms with E-state index in [1.807, 2.05) is 0 Å². The third-order valence-corrected chi connectivity index (χ3v) is 3.63. The van der Waals surface area contributed by atoms with E-state index in [-0.39, 0.29) is 0 Å². The predicted molar refractivity (Wildman–Crippen MR) is 80.5 cm³/mol. The number of rotatable bonds is 7. The largest absolute Gasteiger partial charge is 0.479 e. The molecule has 0 aliphatic heterocycles. The smallest absolute Gasteiger partial charge is 0.245 e. The van der Waals surface area contributed by atoms with Crippen LogP contribution in [-0.4, -0.2) is 32.5 Å². The fourth-order valence-electron chi connectivity index (χ4n) is 2.44. The van der Waals surface area contributed by atoms with E-state index in [0.717, 1.165) is 29.8 Å². The molecule has 0 saturated carbocycles. The Bertz CT molecular complexity index is 570. The molecule has 0 fully saturated rings. The lowest BCUT2D eigenvalue weighted by Gasteiger charge is -2.16. The minimum Gasteiger partial charge on any atom is -0.479 e. The van der Waals surface area contributed by atoms with Crippen LogP contribution < -0.4 is 4.74 Å². The molecule has 5 nitrogen and oxygen atoms in total. The van der Waals surface area contributed by atoms with Gasteiger partial charge in [-0.25, -0.2) is 9.97 Å². The van der Waals surface area contributed by atoms with Crippen molar-refractivity contribution in [1.82, 2.24) is 19.5 Å². The van der Waals surface area contributed by atoms with Crippen LogP contribution in [0.1, 0.15) is 45.0 Å². The van der Waals surface area contributed by atoms with Gasteiger partial charge in [0.1, 0.15) is 12.2 Å². The maximum absolute atomic E-state index is 5.90. The van der Waals surface area contributed by atoms with Gasteiger partial charge in [-0.05, 0) is 13.3 Å². The fraction of sp³-hybridized carbons (Fsp3) is 0.643. The van der Waals surface area contributed by atoms with Gasteiger partial charge in [-0.1, -0.05) is 19.8 Å². The number of halogens is 1. The molecular formula is C14H21ClN4O. The molecule has 0 spiro atoms. The van der Waals surface area contributed by atoms with Gasteiger partial charge in [-0.2, -0.15) is 4.98 Å². The van der Waals surface area contributed by atoms with E-state index in [1.54, 1.807) is 7.11 Å². The van der Waals surface area contributed by atoms with Crippen LogP contribution in [0.2, 0.25) is 0 Å². The minimum atomic E-state index is 0.345. The fourth-order valence-corrected chi connectivity index (χ4v) is 2.60. The quantitative estimate of drug-likeness (QED) is 0.735. The van der Waals surface area contributed by atoms with Gasteiger partial charge in [0.2, 0.25) is 5.88 Å². The molecule has 0 bridgehead atoms. The van der Waals surface area contributed by atoms with Crippen molar-refractivity contribution in [2.45, 2.75) is 45.6 Å². The summed E-state index contributed by atoms with van der Waals surface area (Å²) in [6.07, 6.45) is 5.71. The van der Waals surface area contributed by atoms with Crippen LogP contribution >= 0.6 is 11.6 Å². The van der Waals surface area contributed by atoms with Gasteiger partial charge in [-0.15, -0.1) is 11.6 Å². The highest BCUT2D eigenvalue weighted by Gasteiger charge is 2.19. The molecule has 0 saturated heterocycles. The number of unbranched alkanes of at least 4 members (excludes halogenated alkanes) is 1. The van der Waals surface area contributed by atoms with E-state index >= 15 is 0 Å². The maximum Gasteiger partial charge on any atom is 0.245 e. The summed E-state index contributed by atoms with van der Waals surface area (Å²) in [6, 6.07) is 0.345. The van der Waals surface area contributed by atoms with Gasteiger partial charge < -0.3 is 9.30 Å². The zero-order valence-electron chi connectivity index (χ0n) is 12.3. The molecule has 6 heteroatoms. The van der Waals surface area contributed by atoms with E-state index < -0.39 is 0 Å². The Balaban J connectivity index is 2.51. The van der Waals surface area contributed by atoms with E-state index in [4.69, 9.17) is 16.3 Å². The molecule has 2 heterocycles. The monoisotopic (exact) mass is 296 g/mol. The highest BCUT2D eigenvalue weighted by Crippen LogP contribution is 2.27. The standard InChI is InChI=1S/C14H21ClN4O/c1-4-5-6-10(2)19-11(7-8-15)18-12-13(19)16-9-17-14(12)20-3/h9-10H,4-8H2,1-3H3. The van der Waals surface area contributed by atoms with Gasteiger partial charge >= 0.3 is 0 Å². The van der Waals surface area contributed by atoms with Crippen molar-refractivity contribution in [3.05, 3.63) is 12.2 Å². The van der Waals surface area contributed by atoms with E-state index in [0.29, 0.717) is 17.8 Å². The van der Waals surface area contributed by atoms with Crippen molar-refractivity contribution in [3.63, 3.8) is 0 Å². The Kier molecular flexibility index (Phi) is 5.17. The summed E-state index contributed by atoms with van der Waals surface area (Å²) in [7, 11) is 1.60. The Morgan fingerprint density at radius 2 is 2.20 bits per heavy atom. The highest BCUT2D eigenvalue weighted by atomic mass is 35.5. The van der Waals surface area contributed by atoms with E-state index in [9.17, 15) is 0 Å². The average Bonchev–Trinajstić information content (AvgIpc) is 2.83. The molecule has 0 aliphatic carbocycles. The minimum absolute atomic E-state index is 0.345. The summed E-state index contributed by atoms with van der Waals surface area (Å²) in [5, 5.41) is 0. The summed E-state index contributed by atoms with van der Waals surface area (Å²) in [4.78, 5) is 13.1. The second kappa shape index (κ2) is 6.88. The molecule has 2 aromatic rings. The third-order valence-electron chi connectivity index (χ3n) is 3.44. The Morgan fingerprint density at radius 1 is 1.40 bits per heavy atom. The SMILES string of the molecule is CCCCC(C)n1c(CCCl)nc2c(OC)ncnc21. The molecule has 2 aromatic heterocycles. The van der Waals surface area contributed by atoms with Crippen molar-refractivity contribution in [2.24, 2.45) is 0 Å². The second-order valence-electron chi connectivity index (χ2n) is 4.88. The number of aryl methyl sites for hydroxylation is 1. The average molecular weight is 297 g/mol. The molecule has 0 radical (unpaired) electrons. The van der Waals surface area contributed by atoms with Gasteiger partial charge in [-0.3, -0.25) is 0 Å².